The Kier molecular flexibility index (Phi) is 5.92. The van der Waals surface area contributed by atoms with Crippen molar-refractivity contribution in [2.45, 2.75) is 52.5 Å². The van der Waals surface area contributed by atoms with Gasteiger partial charge in [-0.15, -0.1) is 0 Å². The van der Waals surface area contributed by atoms with Crippen molar-refractivity contribution in [3.8, 4) is 0 Å². The first-order valence-corrected chi connectivity index (χ1v) is 7.08. The van der Waals surface area contributed by atoms with Crippen molar-refractivity contribution in [1.29, 1.82) is 0 Å². The topological polar surface area (TPSA) is 75.3 Å². The van der Waals surface area contributed by atoms with Crippen molar-refractivity contribution >= 4 is 17.6 Å². The van der Waals surface area contributed by atoms with Gasteiger partial charge in [0.25, 0.3) is 0 Å². The van der Waals surface area contributed by atoms with Crippen LogP contribution < -0.4 is 10.6 Å². The molecular weight excluding hydrogens is 256 g/mol. The fourth-order valence-electron chi connectivity index (χ4n) is 2.39. The molecule has 0 saturated carbocycles. The Morgan fingerprint density at radius 2 is 2.10 bits per heavy atom. The third-order valence-electron chi connectivity index (χ3n) is 3.39. The van der Waals surface area contributed by atoms with E-state index < -0.39 is 6.04 Å². The highest BCUT2D eigenvalue weighted by atomic mass is 16.2. The lowest BCUT2D eigenvalue weighted by molar-refractivity contribution is -0.132. The molecule has 2 amide bonds. The molecule has 0 radical (unpaired) electrons. The SMILES string of the molecule is C=C1CCC(CC(=O)[C@@H](CC(C)C)NC(C)=O)C(=O)N1. The van der Waals surface area contributed by atoms with E-state index in [4.69, 9.17) is 0 Å². The number of allylic oxidation sites excluding steroid dienone is 1. The summed E-state index contributed by atoms with van der Waals surface area (Å²) in [6, 6.07) is -0.495. The van der Waals surface area contributed by atoms with Crippen molar-refractivity contribution < 1.29 is 14.4 Å². The maximum absolute atomic E-state index is 12.3. The molecule has 0 aliphatic carbocycles. The van der Waals surface area contributed by atoms with E-state index in [0.29, 0.717) is 30.9 Å². The van der Waals surface area contributed by atoms with Crippen LogP contribution >= 0.6 is 0 Å². The fraction of sp³-hybridized carbons (Fsp3) is 0.667. The predicted octanol–water partition coefficient (Wildman–Crippen LogP) is 1.54. The lowest BCUT2D eigenvalue weighted by Gasteiger charge is -2.25. The Labute approximate surface area is 120 Å². The first-order chi connectivity index (χ1) is 9.29. The van der Waals surface area contributed by atoms with Gasteiger partial charge in [0.15, 0.2) is 5.78 Å². The van der Waals surface area contributed by atoms with E-state index in [0.717, 1.165) is 0 Å². The summed E-state index contributed by atoms with van der Waals surface area (Å²) in [5.41, 5.74) is 0.708. The quantitative estimate of drug-likeness (QED) is 0.775. The first kappa shape index (κ1) is 16.4. The molecule has 20 heavy (non-hydrogen) atoms. The van der Waals surface area contributed by atoms with E-state index in [1.165, 1.54) is 6.92 Å². The van der Waals surface area contributed by atoms with Crippen molar-refractivity contribution in [3.05, 3.63) is 12.3 Å². The summed E-state index contributed by atoms with van der Waals surface area (Å²) in [6.45, 7) is 9.12. The number of nitrogens with one attached hydrogen (secondary N) is 2. The smallest absolute Gasteiger partial charge is 0.227 e. The Balaban J connectivity index is 2.63. The largest absolute Gasteiger partial charge is 0.347 e. The van der Waals surface area contributed by atoms with E-state index >= 15 is 0 Å². The van der Waals surface area contributed by atoms with Gasteiger partial charge in [-0.05, 0) is 25.2 Å². The van der Waals surface area contributed by atoms with Gasteiger partial charge < -0.3 is 10.6 Å². The minimum absolute atomic E-state index is 0.0680. The van der Waals surface area contributed by atoms with Gasteiger partial charge in [0.05, 0.1) is 6.04 Å². The minimum Gasteiger partial charge on any atom is -0.347 e. The van der Waals surface area contributed by atoms with Crippen LogP contribution in [-0.4, -0.2) is 23.6 Å². The van der Waals surface area contributed by atoms with Crippen molar-refractivity contribution in [2.24, 2.45) is 11.8 Å². The number of amides is 2. The summed E-state index contributed by atoms with van der Waals surface area (Å²) in [5.74, 6) is -0.431. The monoisotopic (exact) mass is 280 g/mol. The molecule has 2 N–H and O–H groups in total. The maximum Gasteiger partial charge on any atom is 0.227 e. The van der Waals surface area contributed by atoms with Crippen LogP contribution in [0.25, 0.3) is 0 Å². The molecule has 0 aromatic heterocycles. The molecule has 0 bridgehead atoms. The molecule has 1 unspecified atom stereocenters. The summed E-state index contributed by atoms with van der Waals surface area (Å²) in [4.78, 5) is 35.3. The van der Waals surface area contributed by atoms with Gasteiger partial charge in [0, 0.05) is 25.0 Å². The summed E-state index contributed by atoms with van der Waals surface area (Å²) in [5, 5.41) is 5.37. The number of ketones is 1. The van der Waals surface area contributed by atoms with E-state index in [1.807, 2.05) is 13.8 Å². The molecule has 1 heterocycles. The fourth-order valence-corrected chi connectivity index (χ4v) is 2.39. The van der Waals surface area contributed by atoms with Crippen LogP contribution in [0.2, 0.25) is 0 Å². The molecule has 1 fully saturated rings. The third-order valence-corrected chi connectivity index (χ3v) is 3.39. The van der Waals surface area contributed by atoms with Crippen LogP contribution in [-0.2, 0) is 14.4 Å². The summed E-state index contributed by atoms with van der Waals surface area (Å²) < 4.78 is 0. The Morgan fingerprint density at radius 3 is 2.60 bits per heavy atom. The highest BCUT2D eigenvalue weighted by Gasteiger charge is 2.29. The molecule has 5 nitrogen and oxygen atoms in total. The zero-order valence-electron chi connectivity index (χ0n) is 12.5. The minimum atomic E-state index is -0.495. The molecule has 0 aromatic rings. The van der Waals surface area contributed by atoms with Crippen molar-refractivity contribution in [1.82, 2.24) is 10.6 Å². The summed E-state index contributed by atoms with van der Waals surface area (Å²) in [6.07, 6.45) is 2.12. The zero-order valence-corrected chi connectivity index (χ0v) is 12.5. The Morgan fingerprint density at radius 1 is 1.45 bits per heavy atom. The van der Waals surface area contributed by atoms with E-state index in [9.17, 15) is 14.4 Å². The second-order valence-electron chi connectivity index (χ2n) is 5.88. The van der Waals surface area contributed by atoms with E-state index in [-0.39, 0.29) is 29.9 Å². The number of Topliss-reactive ketones (excluding diaryl/α,β-unsaturated/α-hetero) is 1. The van der Waals surface area contributed by atoms with E-state index in [2.05, 4.69) is 17.2 Å². The van der Waals surface area contributed by atoms with Gasteiger partial charge in [-0.25, -0.2) is 0 Å². The Hall–Kier alpha value is -1.65. The Bertz CT molecular complexity index is 415. The molecule has 112 valence electrons. The van der Waals surface area contributed by atoms with Crippen molar-refractivity contribution in [2.75, 3.05) is 0 Å². The molecule has 2 atom stereocenters. The van der Waals surface area contributed by atoms with E-state index in [1.54, 1.807) is 0 Å². The molecule has 0 spiro atoms. The number of rotatable bonds is 6. The normalized spacial score (nSPS) is 20.5. The molecule has 1 aliphatic heterocycles. The first-order valence-electron chi connectivity index (χ1n) is 7.08. The molecule has 0 aromatic carbocycles. The van der Waals surface area contributed by atoms with Crippen LogP contribution in [0.1, 0.15) is 46.5 Å². The van der Waals surface area contributed by atoms with Crippen molar-refractivity contribution in [3.63, 3.8) is 0 Å². The number of piperidine rings is 1. The van der Waals surface area contributed by atoms with Gasteiger partial charge in [-0.2, -0.15) is 0 Å². The second-order valence-corrected chi connectivity index (χ2v) is 5.88. The molecule has 1 aliphatic rings. The van der Waals surface area contributed by atoms with Crippen LogP contribution in [0, 0.1) is 11.8 Å². The van der Waals surface area contributed by atoms with Gasteiger partial charge in [-0.1, -0.05) is 20.4 Å². The van der Waals surface area contributed by atoms with Gasteiger partial charge in [0.2, 0.25) is 11.8 Å². The number of carbonyl (C=O) groups is 3. The average molecular weight is 280 g/mol. The molecule has 1 rings (SSSR count). The van der Waals surface area contributed by atoms with Gasteiger partial charge >= 0.3 is 0 Å². The zero-order chi connectivity index (χ0) is 15.3. The molecular formula is C15H24N2O3. The second kappa shape index (κ2) is 7.22. The van der Waals surface area contributed by atoms with Crippen LogP contribution in [0.5, 0.6) is 0 Å². The highest BCUT2D eigenvalue weighted by Crippen LogP contribution is 2.21. The van der Waals surface area contributed by atoms with Crippen LogP contribution in [0.3, 0.4) is 0 Å². The van der Waals surface area contributed by atoms with Crippen LogP contribution in [0.4, 0.5) is 0 Å². The van der Waals surface area contributed by atoms with Gasteiger partial charge in [0.1, 0.15) is 0 Å². The summed E-state index contributed by atoms with van der Waals surface area (Å²) >= 11 is 0. The van der Waals surface area contributed by atoms with Gasteiger partial charge in [-0.3, -0.25) is 14.4 Å². The maximum atomic E-state index is 12.3. The number of carbonyl (C=O) groups excluding carboxylic acids is 3. The average Bonchev–Trinajstić information content (AvgIpc) is 2.30. The lowest BCUT2D eigenvalue weighted by Crippen LogP contribution is -2.43. The predicted molar refractivity (Wildman–Crippen MR) is 76.7 cm³/mol. The summed E-state index contributed by atoms with van der Waals surface area (Å²) in [7, 11) is 0. The van der Waals surface area contributed by atoms with Crippen LogP contribution in [0.15, 0.2) is 12.3 Å². The molecule has 1 saturated heterocycles. The number of hydrogen-bond acceptors (Lipinski definition) is 3. The third kappa shape index (κ3) is 5.15. The lowest BCUT2D eigenvalue weighted by atomic mass is 9.88. The highest BCUT2D eigenvalue weighted by molar-refractivity contribution is 5.92. The molecule has 5 heteroatoms. The standard InChI is InChI=1S/C15H24N2O3/c1-9(2)7-13(17-11(4)18)14(19)8-12-6-5-10(3)16-15(12)20/h9,12-13H,3,5-8H2,1-2,4H3,(H,16,20)(H,17,18)/t12?,13-/m1/s1. The number of hydrogen-bond donors (Lipinski definition) is 2.